The van der Waals surface area contributed by atoms with Crippen molar-refractivity contribution in [2.24, 2.45) is 0 Å². The zero-order valence-corrected chi connectivity index (χ0v) is 16.8. The Balaban J connectivity index is 3.79. The van der Waals surface area contributed by atoms with Crippen LogP contribution >= 0.6 is 18.2 Å². The summed E-state index contributed by atoms with van der Waals surface area (Å²) >= 11 is 1.30. The number of hydrogen-bond acceptors (Lipinski definition) is 6. The van der Waals surface area contributed by atoms with Gasteiger partial charge in [0.25, 0.3) is 0 Å². The fourth-order valence-electron chi connectivity index (χ4n) is 1.99. The lowest BCUT2D eigenvalue weighted by Crippen LogP contribution is -2.05. The first kappa shape index (κ1) is 23.4. The summed E-state index contributed by atoms with van der Waals surface area (Å²) in [6.45, 7) is 0.534. The van der Waals surface area contributed by atoms with E-state index in [1.807, 2.05) is 0 Å². The average molecular weight is 370 g/mol. The quantitative estimate of drug-likeness (QED) is 0.241. The fourth-order valence-corrected chi connectivity index (χ4v) is 5.32. The SMILES string of the molecule is CCCCCCCCCCSP(=O)(OCCOC)OCCOC. The van der Waals surface area contributed by atoms with E-state index in [1.54, 1.807) is 14.2 Å². The highest BCUT2D eigenvalue weighted by molar-refractivity contribution is 8.55. The minimum absolute atomic E-state index is 0.283. The van der Waals surface area contributed by atoms with Gasteiger partial charge in [-0.1, -0.05) is 51.9 Å². The second-order valence-electron chi connectivity index (χ2n) is 5.41. The van der Waals surface area contributed by atoms with Crippen LogP contribution in [0.25, 0.3) is 0 Å². The van der Waals surface area contributed by atoms with Crippen LogP contribution in [0.5, 0.6) is 0 Å². The van der Waals surface area contributed by atoms with Crippen molar-refractivity contribution in [1.82, 2.24) is 0 Å². The molecule has 23 heavy (non-hydrogen) atoms. The monoisotopic (exact) mass is 370 g/mol. The molecule has 0 N–H and O–H groups in total. The van der Waals surface area contributed by atoms with Gasteiger partial charge in [-0.25, -0.2) is 4.57 Å². The predicted octanol–water partition coefficient (Wildman–Crippen LogP) is 5.29. The van der Waals surface area contributed by atoms with Crippen LogP contribution in [0.4, 0.5) is 0 Å². The molecule has 0 amide bonds. The van der Waals surface area contributed by atoms with E-state index in [0.717, 1.165) is 12.2 Å². The lowest BCUT2D eigenvalue weighted by atomic mass is 10.1. The maximum Gasteiger partial charge on any atom is 0.389 e. The van der Waals surface area contributed by atoms with Gasteiger partial charge in [0.1, 0.15) is 0 Å². The van der Waals surface area contributed by atoms with Crippen LogP contribution in [0.3, 0.4) is 0 Å². The van der Waals surface area contributed by atoms with Crippen molar-refractivity contribution < 1.29 is 23.1 Å². The third-order valence-corrected chi connectivity index (χ3v) is 7.23. The molecule has 5 nitrogen and oxygen atoms in total. The molecule has 0 aliphatic rings. The van der Waals surface area contributed by atoms with E-state index >= 15 is 0 Å². The summed E-state index contributed by atoms with van der Waals surface area (Å²) in [5.41, 5.74) is 0. The summed E-state index contributed by atoms with van der Waals surface area (Å²) in [6, 6.07) is 0. The molecular weight excluding hydrogens is 335 g/mol. The van der Waals surface area contributed by atoms with E-state index in [4.69, 9.17) is 18.5 Å². The minimum atomic E-state index is -3.09. The van der Waals surface area contributed by atoms with Gasteiger partial charge in [0.15, 0.2) is 0 Å². The third-order valence-electron chi connectivity index (χ3n) is 3.32. The molecule has 7 heteroatoms. The molecule has 0 saturated carbocycles. The number of rotatable bonds is 18. The Kier molecular flexibility index (Phi) is 17.6. The molecule has 140 valence electrons. The van der Waals surface area contributed by atoms with Crippen molar-refractivity contribution in [2.75, 3.05) is 46.4 Å². The second kappa shape index (κ2) is 17.2. The van der Waals surface area contributed by atoms with Crippen LogP contribution in [0, 0.1) is 0 Å². The molecule has 0 rings (SSSR count). The lowest BCUT2D eigenvalue weighted by molar-refractivity contribution is 0.113. The van der Waals surface area contributed by atoms with Crippen molar-refractivity contribution in [3.05, 3.63) is 0 Å². The molecule has 0 radical (unpaired) electrons. The molecule has 0 aromatic heterocycles. The number of unbranched alkanes of at least 4 members (excludes halogenated alkanes) is 7. The van der Waals surface area contributed by atoms with E-state index in [0.29, 0.717) is 13.2 Å². The summed E-state index contributed by atoms with van der Waals surface area (Å²) in [7, 11) is 3.18. The molecule has 0 spiro atoms. The van der Waals surface area contributed by atoms with E-state index in [-0.39, 0.29) is 13.2 Å². The zero-order valence-electron chi connectivity index (χ0n) is 15.1. The van der Waals surface area contributed by atoms with Crippen LogP contribution in [-0.2, 0) is 23.1 Å². The summed E-state index contributed by atoms with van der Waals surface area (Å²) in [4.78, 5) is 0. The normalized spacial score (nSPS) is 12.0. The van der Waals surface area contributed by atoms with Crippen molar-refractivity contribution in [3.8, 4) is 0 Å². The minimum Gasteiger partial charge on any atom is -0.382 e. The van der Waals surface area contributed by atoms with E-state index in [1.165, 1.54) is 56.3 Å². The first-order valence-electron chi connectivity index (χ1n) is 8.70. The molecule has 0 aliphatic heterocycles. The van der Waals surface area contributed by atoms with Crippen LogP contribution in [0.15, 0.2) is 0 Å². The van der Waals surface area contributed by atoms with Gasteiger partial charge in [0, 0.05) is 20.0 Å². The maximum absolute atomic E-state index is 12.6. The molecule has 0 saturated heterocycles. The van der Waals surface area contributed by atoms with Gasteiger partial charge >= 0.3 is 6.80 Å². The topological polar surface area (TPSA) is 54.0 Å². The fraction of sp³-hybridized carbons (Fsp3) is 1.00. The Morgan fingerprint density at radius 1 is 0.739 bits per heavy atom. The summed E-state index contributed by atoms with van der Waals surface area (Å²) in [6.07, 6.45) is 10.1. The Bertz CT molecular complexity index is 278. The Morgan fingerprint density at radius 2 is 1.22 bits per heavy atom. The van der Waals surface area contributed by atoms with Crippen molar-refractivity contribution >= 4 is 18.2 Å². The second-order valence-corrected chi connectivity index (χ2v) is 9.60. The first-order chi connectivity index (χ1) is 11.2. The molecule has 0 aromatic carbocycles. The highest BCUT2D eigenvalue weighted by Gasteiger charge is 2.25. The van der Waals surface area contributed by atoms with Gasteiger partial charge in [-0.2, -0.15) is 0 Å². The average Bonchev–Trinajstić information content (AvgIpc) is 2.54. The molecule has 0 aliphatic carbocycles. The van der Waals surface area contributed by atoms with Gasteiger partial charge in [-0.15, -0.1) is 0 Å². The lowest BCUT2D eigenvalue weighted by Gasteiger charge is -2.17. The van der Waals surface area contributed by atoms with E-state index < -0.39 is 6.80 Å². The van der Waals surface area contributed by atoms with Crippen molar-refractivity contribution in [1.29, 1.82) is 0 Å². The highest BCUT2D eigenvalue weighted by Crippen LogP contribution is 2.60. The first-order valence-corrected chi connectivity index (χ1v) is 11.8. The predicted molar refractivity (Wildman–Crippen MR) is 98.3 cm³/mol. The zero-order chi connectivity index (χ0) is 17.2. The molecule has 0 heterocycles. The van der Waals surface area contributed by atoms with Gasteiger partial charge in [0.2, 0.25) is 0 Å². The standard InChI is InChI=1S/C16H35O5PS/c1-4-5-6-7-8-9-10-11-16-23-22(17,20-14-12-18-2)21-15-13-19-3/h4-16H2,1-3H3. The largest absolute Gasteiger partial charge is 0.389 e. The number of hydrogen-bond donors (Lipinski definition) is 0. The van der Waals surface area contributed by atoms with Gasteiger partial charge in [-0.05, 0) is 17.8 Å². The van der Waals surface area contributed by atoms with Gasteiger partial charge in [-0.3, -0.25) is 9.05 Å². The smallest absolute Gasteiger partial charge is 0.382 e. The molecule has 0 unspecified atom stereocenters. The van der Waals surface area contributed by atoms with E-state index in [2.05, 4.69) is 6.92 Å². The summed E-state index contributed by atoms with van der Waals surface area (Å²) in [5.74, 6) is 0.798. The van der Waals surface area contributed by atoms with Crippen molar-refractivity contribution in [2.45, 2.75) is 58.3 Å². The van der Waals surface area contributed by atoms with Gasteiger partial charge in [0.05, 0.1) is 26.4 Å². The molecule has 0 bridgehead atoms. The Hall–Kier alpha value is 0.420. The summed E-state index contributed by atoms with van der Waals surface area (Å²) in [5, 5.41) is 0. The molecule has 0 fully saturated rings. The van der Waals surface area contributed by atoms with Gasteiger partial charge < -0.3 is 9.47 Å². The Labute approximate surface area is 146 Å². The van der Waals surface area contributed by atoms with Crippen LogP contribution in [0.2, 0.25) is 0 Å². The highest BCUT2D eigenvalue weighted by atomic mass is 32.7. The summed E-state index contributed by atoms with van der Waals surface area (Å²) < 4.78 is 33.2. The van der Waals surface area contributed by atoms with Crippen molar-refractivity contribution in [3.63, 3.8) is 0 Å². The third kappa shape index (κ3) is 15.7. The molecule has 0 atom stereocenters. The maximum atomic E-state index is 12.6. The van der Waals surface area contributed by atoms with Crippen LogP contribution < -0.4 is 0 Å². The number of ether oxygens (including phenoxy) is 2. The molecular formula is C16H35O5PS. The molecule has 0 aromatic rings. The van der Waals surface area contributed by atoms with Crippen LogP contribution in [-0.4, -0.2) is 46.4 Å². The van der Waals surface area contributed by atoms with E-state index in [9.17, 15) is 4.57 Å². The number of methoxy groups -OCH3 is 2. The van der Waals surface area contributed by atoms with Crippen LogP contribution in [0.1, 0.15) is 58.3 Å². The Morgan fingerprint density at radius 3 is 1.70 bits per heavy atom.